The summed E-state index contributed by atoms with van der Waals surface area (Å²) in [6, 6.07) is 0. The zero-order valence-corrected chi connectivity index (χ0v) is 9.96. The van der Waals surface area contributed by atoms with Crippen LogP contribution in [0.3, 0.4) is 0 Å². The van der Waals surface area contributed by atoms with E-state index in [2.05, 4.69) is 5.32 Å². The average Bonchev–Trinajstić information content (AvgIpc) is 2.01. The van der Waals surface area contributed by atoms with Crippen LogP contribution in [0.25, 0.3) is 0 Å². The Morgan fingerprint density at radius 1 is 1.53 bits per heavy atom. The quantitative estimate of drug-likeness (QED) is 0.631. The summed E-state index contributed by atoms with van der Waals surface area (Å²) in [6.45, 7) is 9.69. The van der Waals surface area contributed by atoms with E-state index < -0.39 is 5.97 Å². The molecule has 88 valence electrons. The van der Waals surface area contributed by atoms with Crippen molar-refractivity contribution in [2.45, 2.75) is 33.3 Å². The Morgan fingerprint density at radius 3 is 2.60 bits per heavy atom. The predicted molar refractivity (Wildman–Crippen MR) is 60.0 cm³/mol. The molecule has 0 fully saturated rings. The molecule has 4 heteroatoms. The standard InChI is InChI=1S/C11H21NO3/c1-5-15-11(3,4)8-12-7-9(2)6-10(13)14/h6,12H,5,7-8H2,1-4H3,(H,13,14). The predicted octanol–water partition coefficient (Wildman–Crippen LogP) is 1.42. The molecule has 0 saturated carbocycles. The maximum absolute atomic E-state index is 10.3. The number of nitrogens with one attached hydrogen (secondary N) is 1. The van der Waals surface area contributed by atoms with Gasteiger partial charge in [-0.2, -0.15) is 0 Å². The number of aliphatic carboxylic acids is 1. The highest BCUT2D eigenvalue weighted by molar-refractivity contribution is 5.80. The molecule has 0 aromatic carbocycles. The van der Waals surface area contributed by atoms with Gasteiger partial charge in [0.1, 0.15) is 0 Å². The first kappa shape index (κ1) is 14.1. The molecule has 15 heavy (non-hydrogen) atoms. The molecule has 0 rings (SSSR count). The lowest BCUT2D eigenvalue weighted by Crippen LogP contribution is -2.38. The SMILES string of the molecule is CCOC(C)(C)CNCC(C)=CC(=O)O. The monoisotopic (exact) mass is 215 g/mol. The number of carboxylic acids is 1. The van der Waals surface area contributed by atoms with Crippen LogP contribution in [-0.2, 0) is 9.53 Å². The minimum Gasteiger partial charge on any atom is -0.478 e. The van der Waals surface area contributed by atoms with Crippen LogP contribution in [0, 0.1) is 0 Å². The fourth-order valence-corrected chi connectivity index (χ4v) is 1.26. The molecule has 0 heterocycles. The highest BCUT2D eigenvalue weighted by atomic mass is 16.5. The Hall–Kier alpha value is -0.870. The number of rotatable bonds is 7. The first-order valence-corrected chi connectivity index (χ1v) is 5.12. The Kier molecular flexibility index (Phi) is 6.20. The van der Waals surface area contributed by atoms with E-state index in [4.69, 9.17) is 9.84 Å². The largest absolute Gasteiger partial charge is 0.478 e. The summed E-state index contributed by atoms with van der Waals surface area (Å²) >= 11 is 0. The average molecular weight is 215 g/mol. The van der Waals surface area contributed by atoms with Gasteiger partial charge < -0.3 is 15.2 Å². The summed E-state index contributed by atoms with van der Waals surface area (Å²) in [5, 5.41) is 11.7. The topological polar surface area (TPSA) is 58.6 Å². The molecule has 0 aromatic rings. The minimum atomic E-state index is -0.904. The van der Waals surface area contributed by atoms with Gasteiger partial charge >= 0.3 is 5.97 Å². The number of carboxylic acid groups (broad SMARTS) is 1. The first-order valence-electron chi connectivity index (χ1n) is 5.12. The molecule has 0 aliphatic rings. The molecule has 0 amide bonds. The maximum Gasteiger partial charge on any atom is 0.328 e. The summed E-state index contributed by atoms with van der Waals surface area (Å²) in [6.07, 6.45) is 1.21. The second-order valence-electron chi connectivity index (χ2n) is 4.13. The van der Waals surface area contributed by atoms with E-state index in [9.17, 15) is 4.79 Å². The van der Waals surface area contributed by atoms with E-state index in [0.29, 0.717) is 19.7 Å². The van der Waals surface area contributed by atoms with E-state index >= 15 is 0 Å². The fourth-order valence-electron chi connectivity index (χ4n) is 1.26. The Morgan fingerprint density at radius 2 is 2.13 bits per heavy atom. The van der Waals surface area contributed by atoms with Crippen LogP contribution in [-0.4, -0.2) is 36.4 Å². The smallest absolute Gasteiger partial charge is 0.328 e. The normalized spacial score (nSPS) is 12.9. The van der Waals surface area contributed by atoms with Crippen molar-refractivity contribution in [1.29, 1.82) is 0 Å². The van der Waals surface area contributed by atoms with Gasteiger partial charge in [0, 0.05) is 25.8 Å². The molecular weight excluding hydrogens is 194 g/mol. The van der Waals surface area contributed by atoms with Crippen molar-refractivity contribution >= 4 is 5.97 Å². The molecular formula is C11H21NO3. The molecule has 0 bridgehead atoms. The minimum absolute atomic E-state index is 0.210. The van der Waals surface area contributed by atoms with Gasteiger partial charge in [-0.15, -0.1) is 0 Å². The first-order chi connectivity index (χ1) is 6.87. The molecule has 0 spiro atoms. The molecule has 0 aliphatic carbocycles. The molecule has 0 aromatic heterocycles. The summed E-state index contributed by atoms with van der Waals surface area (Å²) < 4.78 is 5.49. The van der Waals surface area contributed by atoms with E-state index in [0.717, 1.165) is 5.57 Å². The maximum atomic E-state index is 10.3. The molecule has 4 nitrogen and oxygen atoms in total. The van der Waals surface area contributed by atoms with Gasteiger partial charge in [0.25, 0.3) is 0 Å². The van der Waals surface area contributed by atoms with Gasteiger partial charge in [0.2, 0.25) is 0 Å². The molecule has 2 N–H and O–H groups in total. The lowest BCUT2D eigenvalue weighted by atomic mass is 10.1. The fraction of sp³-hybridized carbons (Fsp3) is 0.727. The van der Waals surface area contributed by atoms with Crippen molar-refractivity contribution in [3.63, 3.8) is 0 Å². The van der Waals surface area contributed by atoms with Crippen LogP contribution in [0.1, 0.15) is 27.7 Å². The lowest BCUT2D eigenvalue weighted by molar-refractivity contribution is -0.131. The van der Waals surface area contributed by atoms with E-state index in [-0.39, 0.29) is 5.60 Å². The van der Waals surface area contributed by atoms with Crippen LogP contribution >= 0.6 is 0 Å². The van der Waals surface area contributed by atoms with Crippen molar-refractivity contribution < 1.29 is 14.6 Å². The number of carbonyl (C=O) groups is 1. The number of hydrogen-bond acceptors (Lipinski definition) is 3. The van der Waals surface area contributed by atoms with Crippen molar-refractivity contribution in [3.8, 4) is 0 Å². The zero-order valence-electron chi connectivity index (χ0n) is 9.96. The second kappa shape index (κ2) is 6.58. The van der Waals surface area contributed by atoms with Crippen molar-refractivity contribution in [2.24, 2.45) is 0 Å². The molecule has 0 atom stereocenters. The summed E-state index contributed by atoms with van der Waals surface area (Å²) in [4.78, 5) is 10.3. The van der Waals surface area contributed by atoms with Crippen LogP contribution < -0.4 is 5.32 Å². The molecule has 0 aliphatic heterocycles. The van der Waals surface area contributed by atoms with Crippen LogP contribution in [0.2, 0.25) is 0 Å². The molecule has 0 unspecified atom stereocenters. The highest BCUT2D eigenvalue weighted by Gasteiger charge is 2.16. The number of hydrogen-bond donors (Lipinski definition) is 2. The van der Waals surface area contributed by atoms with E-state index in [1.807, 2.05) is 20.8 Å². The summed E-state index contributed by atoms with van der Waals surface area (Å²) in [7, 11) is 0. The van der Waals surface area contributed by atoms with Gasteiger partial charge in [-0.3, -0.25) is 0 Å². The van der Waals surface area contributed by atoms with Gasteiger partial charge in [-0.25, -0.2) is 4.79 Å². The van der Waals surface area contributed by atoms with Crippen molar-refractivity contribution in [1.82, 2.24) is 5.32 Å². The summed E-state index contributed by atoms with van der Waals surface area (Å²) in [5.74, 6) is -0.904. The Labute approximate surface area is 91.3 Å². The van der Waals surface area contributed by atoms with Crippen molar-refractivity contribution in [2.75, 3.05) is 19.7 Å². The van der Waals surface area contributed by atoms with Gasteiger partial charge in [0.15, 0.2) is 0 Å². The van der Waals surface area contributed by atoms with Crippen LogP contribution in [0.5, 0.6) is 0 Å². The van der Waals surface area contributed by atoms with Gasteiger partial charge in [-0.1, -0.05) is 5.57 Å². The third kappa shape index (κ3) is 8.15. The zero-order chi connectivity index (χ0) is 11.9. The Bertz CT molecular complexity index is 234. The van der Waals surface area contributed by atoms with Crippen LogP contribution in [0.15, 0.2) is 11.6 Å². The third-order valence-electron chi connectivity index (χ3n) is 1.86. The number of ether oxygens (including phenoxy) is 1. The van der Waals surface area contributed by atoms with Crippen molar-refractivity contribution in [3.05, 3.63) is 11.6 Å². The van der Waals surface area contributed by atoms with E-state index in [1.54, 1.807) is 6.92 Å². The van der Waals surface area contributed by atoms with Crippen LogP contribution in [0.4, 0.5) is 0 Å². The molecule has 0 saturated heterocycles. The highest BCUT2D eigenvalue weighted by Crippen LogP contribution is 2.06. The lowest BCUT2D eigenvalue weighted by Gasteiger charge is -2.25. The van der Waals surface area contributed by atoms with Gasteiger partial charge in [-0.05, 0) is 27.7 Å². The molecule has 0 radical (unpaired) electrons. The summed E-state index contributed by atoms with van der Waals surface area (Å²) in [5.41, 5.74) is 0.591. The van der Waals surface area contributed by atoms with E-state index in [1.165, 1.54) is 6.08 Å². The van der Waals surface area contributed by atoms with Gasteiger partial charge in [0.05, 0.1) is 5.60 Å². The second-order valence-corrected chi connectivity index (χ2v) is 4.13. The Balaban J connectivity index is 3.83. The third-order valence-corrected chi connectivity index (χ3v) is 1.86.